The van der Waals surface area contributed by atoms with Crippen molar-refractivity contribution in [1.82, 2.24) is 10.2 Å². The van der Waals surface area contributed by atoms with Crippen LogP contribution in [0.1, 0.15) is 30.0 Å². The summed E-state index contributed by atoms with van der Waals surface area (Å²) in [6.07, 6.45) is 2.05. The highest BCUT2D eigenvalue weighted by Gasteiger charge is 2.29. The molecule has 0 aliphatic carbocycles. The number of methoxy groups -OCH3 is 2. The Morgan fingerprint density at radius 2 is 2.00 bits per heavy atom. The topological polar surface area (TPSA) is 69.3 Å². The van der Waals surface area contributed by atoms with E-state index in [1.165, 1.54) is 0 Å². The van der Waals surface area contributed by atoms with Gasteiger partial charge in [-0.1, -0.05) is 12.1 Å². The molecule has 7 nitrogen and oxygen atoms in total. The van der Waals surface area contributed by atoms with E-state index in [1.54, 1.807) is 14.2 Å². The van der Waals surface area contributed by atoms with Gasteiger partial charge in [-0.25, -0.2) is 0 Å². The van der Waals surface area contributed by atoms with E-state index in [9.17, 15) is 4.79 Å². The lowest BCUT2D eigenvalue weighted by atomic mass is 10.0. The van der Waals surface area contributed by atoms with E-state index in [-0.39, 0.29) is 18.7 Å². The Morgan fingerprint density at radius 1 is 1.14 bits per heavy atom. The van der Waals surface area contributed by atoms with Gasteiger partial charge < -0.3 is 24.3 Å². The van der Waals surface area contributed by atoms with Crippen LogP contribution >= 0.6 is 0 Å². The van der Waals surface area contributed by atoms with E-state index < -0.39 is 0 Å². The van der Waals surface area contributed by atoms with Gasteiger partial charge in [-0.2, -0.15) is 0 Å². The molecule has 1 saturated heterocycles. The predicted octanol–water partition coefficient (Wildman–Crippen LogP) is 2.89. The molecule has 0 radical (unpaired) electrons. The summed E-state index contributed by atoms with van der Waals surface area (Å²) in [5.41, 5.74) is 2.08. The minimum absolute atomic E-state index is 0.00189. The van der Waals surface area contributed by atoms with Crippen LogP contribution in [0.5, 0.6) is 23.0 Å². The van der Waals surface area contributed by atoms with Crippen LogP contribution in [0.3, 0.4) is 0 Å². The zero-order valence-corrected chi connectivity index (χ0v) is 16.8. The van der Waals surface area contributed by atoms with Crippen molar-refractivity contribution in [3.8, 4) is 23.0 Å². The summed E-state index contributed by atoms with van der Waals surface area (Å²) in [5.74, 6) is 3.03. The molecule has 0 saturated carbocycles. The molecule has 2 aliphatic rings. The molecule has 2 aromatic carbocycles. The van der Waals surface area contributed by atoms with Crippen molar-refractivity contribution in [3.05, 3.63) is 47.5 Å². The summed E-state index contributed by atoms with van der Waals surface area (Å²) in [4.78, 5) is 14.8. The average molecular weight is 398 g/mol. The quantitative estimate of drug-likeness (QED) is 0.774. The Balaban J connectivity index is 1.37. The second-order valence-electron chi connectivity index (χ2n) is 7.20. The van der Waals surface area contributed by atoms with Crippen LogP contribution in [0.2, 0.25) is 0 Å². The van der Waals surface area contributed by atoms with Crippen LogP contribution in [-0.4, -0.2) is 44.9 Å². The van der Waals surface area contributed by atoms with Gasteiger partial charge >= 0.3 is 0 Å². The molecule has 0 aromatic heterocycles. The summed E-state index contributed by atoms with van der Waals surface area (Å²) >= 11 is 0. The summed E-state index contributed by atoms with van der Waals surface area (Å²) < 4.78 is 21.6. The van der Waals surface area contributed by atoms with Gasteiger partial charge in [-0.05, 0) is 43.1 Å². The maximum absolute atomic E-state index is 12.6. The summed E-state index contributed by atoms with van der Waals surface area (Å²) in [6.45, 7) is 1.94. The van der Waals surface area contributed by atoms with Crippen molar-refractivity contribution in [2.45, 2.75) is 25.4 Å². The number of hydrogen-bond acceptors (Lipinski definition) is 6. The van der Waals surface area contributed by atoms with Crippen LogP contribution in [0.4, 0.5) is 0 Å². The Labute approximate surface area is 170 Å². The average Bonchev–Trinajstić information content (AvgIpc) is 3.40. The minimum Gasteiger partial charge on any atom is -0.497 e. The molecule has 29 heavy (non-hydrogen) atoms. The smallest absolute Gasteiger partial charge is 0.234 e. The normalized spacial score (nSPS) is 17.9. The fourth-order valence-corrected chi connectivity index (χ4v) is 3.95. The number of amides is 1. The molecule has 2 aromatic rings. The first kappa shape index (κ1) is 19.4. The van der Waals surface area contributed by atoms with Crippen molar-refractivity contribution >= 4 is 5.91 Å². The van der Waals surface area contributed by atoms with Crippen molar-refractivity contribution in [1.29, 1.82) is 0 Å². The zero-order valence-electron chi connectivity index (χ0n) is 16.8. The van der Waals surface area contributed by atoms with Crippen molar-refractivity contribution < 1.29 is 23.7 Å². The molecule has 1 N–H and O–H groups in total. The number of rotatable bonds is 7. The number of nitrogens with zero attached hydrogens (tertiary/aromatic N) is 1. The van der Waals surface area contributed by atoms with E-state index in [1.807, 2.05) is 36.4 Å². The van der Waals surface area contributed by atoms with E-state index in [2.05, 4.69) is 10.2 Å². The third-order valence-electron chi connectivity index (χ3n) is 5.44. The minimum atomic E-state index is 0.00189. The lowest BCUT2D eigenvalue weighted by Gasteiger charge is -2.26. The fourth-order valence-electron chi connectivity index (χ4n) is 3.95. The Kier molecular flexibility index (Phi) is 5.76. The van der Waals surface area contributed by atoms with Gasteiger partial charge in [0.2, 0.25) is 12.7 Å². The maximum Gasteiger partial charge on any atom is 0.234 e. The molecule has 4 rings (SSSR count). The van der Waals surface area contributed by atoms with Gasteiger partial charge in [-0.15, -0.1) is 0 Å². The Morgan fingerprint density at radius 3 is 2.83 bits per heavy atom. The van der Waals surface area contributed by atoms with E-state index in [0.29, 0.717) is 13.1 Å². The summed E-state index contributed by atoms with van der Waals surface area (Å²) in [7, 11) is 3.30. The number of ether oxygens (including phenoxy) is 4. The van der Waals surface area contributed by atoms with Crippen LogP contribution in [0, 0.1) is 0 Å². The highest BCUT2D eigenvalue weighted by molar-refractivity contribution is 5.78. The lowest BCUT2D eigenvalue weighted by molar-refractivity contribution is -0.122. The highest BCUT2D eigenvalue weighted by atomic mass is 16.7. The van der Waals surface area contributed by atoms with Crippen molar-refractivity contribution in [2.75, 3.05) is 34.1 Å². The third kappa shape index (κ3) is 4.24. The van der Waals surface area contributed by atoms with E-state index in [0.717, 1.165) is 53.5 Å². The highest BCUT2D eigenvalue weighted by Crippen LogP contribution is 2.38. The molecule has 2 heterocycles. The van der Waals surface area contributed by atoms with Crippen LogP contribution in [0.25, 0.3) is 0 Å². The fraction of sp³-hybridized carbons (Fsp3) is 0.409. The summed E-state index contributed by atoms with van der Waals surface area (Å²) in [6, 6.07) is 11.7. The molecule has 2 aliphatic heterocycles. The third-order valence-corrected chi connectivity index (χ3v) is 5.44. The molecule has 0 unspecified atom stereocenters. The lowest BCUT2D eigenvalue weighted by Crippen LogP contribution is -2.36. The number of carbonyl (C=O) groups is 1. The second kappa shape index (κ2) is 8.61. The van der Waals surface area contributed by atoms with Gasteiger partial charge in [0, 0.05) is 24.2 Å². The van der Waals surface area contributed by atoms with E-state index in [4.69, 9.17) is 18.9 Å². The van der Waals surface area contributed by atoms with Crippen molar-refractivity contribution in [2.24, 2.45) is 0 Å². The molecule has 1 fully saturated rings. The first-order chi connectivity index (χ1) is 14.2. The van der Waals surface area contributed by atoms with Gasteiger partial charge in [0.05, 0.1) is 20.8 Å². The van der Waals surface area contributed by atoms with E-state index >= 15 is 0 Å². The first-order valence-corrected chi connectivity index (χ1v) is 9.79. The molecular formula is C22H26N2O5. The molecule has 0 bridgehead atoms. The number of fused-ring (bicyclic) bond motifs is 1. The molecule has 1 amide bonds. The Hall–Kier alpha value is -2.93. The zero-order chi connectivity index (χ0) is 20.2. The van der Waals surface area contributed by atoms with Crippen molar-refractivity contribution in [3.63, 3.8) is 0 Å². The molecule has 0 spiro atoms. The molecular weight excluding hydrogens is 372 g/mol. The van der Waals surface area contributed by atoms with Crippen LogP contribution in [0.15, 0.2) is 36.4 Å². The van der Waals surface area contributed by atoms with Crippen LogP contribution in [-0.2, 0) is 11.3 Å². The van der Waals surface area contributed by atoms with Gasteiger partial charge in [0.25, 0.3) is 0 Å². The number of hydrogen-bond donors (Lipinski definition) is 1. The summed E-state index contributed by atoms with van der Waals surface area (Å²) in [5, 5.41) is 3.01. The number of likely N-dealkylation sites (tertiary alicyclic amines) is 1. The molecule has 1 atom stereocenters. The van der Waals surface area contributed by atoms with Crippen LogP contribution < -0.4 is 24.3 Å². The molecule has 7 heteroatoms. The van der Waals surface area contributed by atoms with Gasteiger partial charge in [-0.3, -0.25) is 9.69 Å². The number of benzene rings is 2. The monoisotopic (exact) mass is 398 g/mol. The number of nitrogens with one attached hydrogen (secondary N) is 1. The maximum atomic E-state index is 12.6. The first-order valence-electron chi connectivity index (χ1n) is 9.79. The standard InChI is InChI=1S/C22H26N2O5/c1-26-16-6-7-17(20(11-16)27-2)18-4-3-9-24(18)13-22(25)23-12-15-5-8-19-21(10-15)29-14-28-19/h5-8,10-11,18H,3-4,9,12-14H2,1-2H3,(H,23,25)/t18-/m1/s1. The SMILES string of the molecule is COc1ccc([C@H]2CCCN2CC(=O)NCc2ccc3c(c2)OCO3)c(OC)c1. The number of carbonyl (C=O) groups excluding carboxylic acids is 1. The second-order valence-corrected chi connectivity index (χ2v) is 7.20. The largest absolute Gasteiger partial charge is 0.497 e. The van der Waals surface area contributed by atoms with Gasteiger partial charge in [0.1, 0.15) is 11.5 Å². The predicted molar refractivity (Wildman–Crippen MR) is 108 cm³/mol. The molecule has 154 valence electrons. The van der Waals surface area contributed by atoms with Gasteiger partial charge in [0.15, 0.2) is 11.5 Å². The Bertz CT molecular complexity index is 886.